The molecule has 0 atom stereocenters. The first kappa shape index (κ1) is 19.2. The Morgan fingerprint density at radius 1 is 1.07 bits per heavy atom. The van der Waals surface area contributed by atoms with Gasteiger partial charge in [0, 0.05) is 52.4 Å². The van der Waals surface area contributed by atoms with Crippen LogP contribution in [0.2, 0.25) is 0 Å². The number of pyridine rings is 1. The third-order valence-electron chi connectivity index (χ3n) is 5.55. The Labute approximate surface area is 168 Å². The standard InChI is InChI=1S/C22H24FN3O3/c1-14-12-25(3)22(28)19-18(13-24(2)20(14)19)21(27)26-10-8-17(9-11-26)29-16-6-4-15(23)5-7-16/h4-7,12-13,17H,8-11H2,1-3H3. The molecule has 29 heavy (non-hydrogen) atoms. The van der Waals surface area contributed by atoms with Crippen molar-refractivity contribution in [3.8, 4) is 5.75 Å². The zero-order valence-electron chi connectivity index (χ0n) is 16.8. The highest BCUT2D eigenvalue weighted by molar-refractivity contribution is 6.07. The van der Waals surface area contributed by atoms with Crippen LogP contribution in [-0.2, 0) is 14.1 Å². The number of ether oxygens (including phenoxy) is 1. The third kappa shape index (κ3) is 3.52. The van der Waals surface area contributed by atoms with Crippen molar-refractivity contribution in [1.82, 2.24) is 14.0 Å². The minimum absolute atomic E-state index is 0.0212. The van der Waals surface area contributed by atoms with Gasteiger partial charge >= 0.3 is 0 Å². The number of nitrogens with zero attached hydrogens (tertiary/aromatic N) is 3. The van der Waals surface area contributed by atoms with Crippen LogP contribution < -0.4 is 10.3 Å². The Kier molecular flexibility index (Phi) is 4.90. The van der Waals surface area contributed by atoms with E-state index >= 15 is 0 Å². The van der Waals surface area contributed by atoms with Gasteiger partial charge in [0.2, 0.25) is 0 Å². The fourth-order valence-corrected chi connectivity index (χ4v) is 4.12. The van der Waals surface area contributed by atoms with E-state index in [4.69, 9.17) is 4.74 Å². The maximum atomic E-state index is 13.2. The lowest BCUT2D eigenvalue weighted by molar-refractivity contribution is 0.0597. The van der Waals surface area contributed by atoms with Gasteiger partial charge in [-0.15, -0.1) is 0 Å². The maximum absolute atomic E-state index is 13.2. The third-order valence-corrected chi connectivity index (χ3v) is 5.55. The minimum Gasteiger partial charge on any atom is -0.490 e. The highest BCUT2D eigenvalue weighted by Gasteiger charge is 2.28. The van der Waals surface area contributed by atoms with Crippen LogP contribution in [0.4, 0.5) is 4.39 Å². The molecule has 6 nitrogen and oxygen atoms in total. The maximum Gasteiger partial charge on any atom is 0.260 e. The number of carbonyl (C=O) groups is 1. The van der Waals surface area contributed by atoms with Gasteiger partial charge in [0.25, 0.3) is 11.5 Å². The molecule has 0 aliphatic carbocycles. The van der Waals surface area contributed by atoms with Crippen LogP contribution in [0.1, 0.15) is 28.8 Å². The highest BCUT2D eigenvalue weighted by Crippen LogP contribution is 2.24. The Balaban J connectivity index is 1.52. The van der Waals surface area contributed by atoms with E-state index in [-0.39, 0.29) is 23.4 Å². The van der Waals surface area contributed by atoms with Crippen LogP contribution in [0.3, 0.4) is 0 Å². The first-order valence-corrected chi connectivity index (χ1v) is 9.72. The highest BCUT2D eigenvalue weighted by atomic mass is 19.1. The van der Waals surface area contributed by atoms with E-state index in [0.29, 0.717) is 42.6 Å². The Hall–Kier alpha value is -3.09. The molecular formula is C22H24FN3O3. The van der Waals surface area contributed by atoms with E-state index in [2.05, 4.69) is 0 Å². The molecule has 0 unspecified atom stereocenters. The summed E-state index contributed by atoms with van der Waals surface area (Å²) in [5.74, 6) is 0.206. The minimum atomic E-state index is -0.297. The zero-order chi connectivity index (χ0) is 20.7. The molecule has 0 bridgehead atoms. The van der Waals surface area contributed by atoms with Crippen molar-refractivity contribution < 1.29 is 13.9 Å². The monoisotopic (exact) mass is 397 g/mol. The molecule has 2 aromatic heterocycles. The predicted octanol–water partition coefficient (Wildman–Crippen LogP) is 3.01. The van der Waals surface area contributed by atoms with E-state index in [9.17, 15) is 14.0 Å². The summed E-state index contributed by atoms with van der Waals surface area (Å²) in [7, 11) is 3.56. The van der Waals surface area contributed by atoms with Crippen LogP contribution in [0.25, 0.3) is 10.9 Å². The first-order chi connectivity index (χ1) is 13.8. The molecule has 1 amide bonds. The van der Waals surface area contributed by atoms with Crippen LogP contribution >= 0.6 is 0 Å². The summed E-state index contributed by atoms with van der Waals surface area (Å²) in [6.45, 7) is 3.04. The van der Waals surface area contributed by atoms with Crippen molar-refractivity contribution in [2.24, 2.45) is 14.1 Å². The molecule has 152 valence electrons. The molecular weight excluding hydrogens is 373 g/mol. The summed E-state index contributed by atoms with van der Waals surface area (Å²) in [5.41, 5.74) is 2.04. The topological polar surface area (TPSA) is 56.5 Å². The van der Waals surface area contributed by atoms with E-state index in [1.165, 1.54) is 16.7 Å². The van der Waals surface area contributed by atoms with Gasteiger partial charge in [0.05, 0.1) is 16.5 Å². The molecule has 0 radical (unpaired) electrons. The predicted molar refractivity (Wildman–Crippen MR) is 109 cm³/mol. The Morgan fingerprint density at radius 3 is 2.38 bits per heavy atom. The number of aromatic nitrogens is 2. The second-order valence-electron chi connectivity index (χ2n) is 7.67. The van der Waals surface area contributed by atoms with Gasteiger partial charge in [-0.3, -0.25) is 9.59 Å². The summed E-state index contributed by atoms with van der Waals surface area (Å²) in [6, 6.07) is 5.97. The summed E-state index contributed by atoms with van der Waals surface area (Å²) in [4.78, 5) is 27.7. The van der Waals surface area contributed by atoms with Gasteiger partial charge in [0.1, 0.15) is 17.7 Å². The van der Waals surface area contributed by atoms with E-state index in [1.54, 1.807) is 36.5 Å². The molecule has 1 aromatic carbocycles. The van der Waals surface area contributed by atoms with Gasteiger partial charge in [-0.05, 0) is 36.8 Å². The molecule has 4 rings (SSSR count). The summed E-state index contributed by atoms with van der Waals surface area (Å²) >= 11 is 0. The molecule has 7 heteroatoms. The molecule has 1 saturated heterocycles. The number of piperidine rings is 1. The summed E-state index contributed by atoms with van der Waals surface area (Å²) in [5, 5.41) is 0.477. The van der Waals surface area contributed by atoms with Crippen molar-refractivity contribution in [1.29, 1.82) is 0 Å². The SMILES string of the molecule is Cc1cn(C)c(=O)c2c(C(=O)N3CCC(Oc4ccc(F)cc4)CC3)cn(C)c12. The second kappa shape index (κ2) is 7.39. The lowest BCUT2D eigenvalue weighted by atomic mass is 10.1. The van der Waals surface area contributed by atoms with Gasteiger partial charge < -0.3 is 18.8 Å². The fourth-order valence-electron chi connectivity index (χ4n) is 4.12. The largest absolute Gasteiger partial charge is 0.490 e. The van der Waals surface area contributed by atoms with Crippen molar-refractivity contribution >= 4 is 16.8 Å². The van der Waals surface area contributed by atoms with Crippen LogP contribution in [0, 0.1) is 12.7 Å². The van der Waals surface area contributed by atoms with Gasteiger partial charge in [-0.25, -0.2) is 4.39 Å². The van der Waals surface area contributed by atoms with Crippen molar-refractivity contribution in [3.63, 3.8) is 0 Å². The summed E-state index contributed by atoms with van der Waals surface area (Å²) in [6.07, 6.45) is 4.89. The van der Waals surface area contributed by atoms with E-state index in [1.807, 2.05) is 18.5 Å². The number of fused-ring (bicyclic) bond motifs is 1. The number of rotatable bonds is 3. The van der Waals surface area contributed by atoms with E-state index in [0.717, 1.165) is 11.1 Å². The van der Waals surface area contributed by atoms with Crippen LogP contribution in [0.15, 0.2) is 41.5 Å². The number of likely N-dealkylation sites (tertiary alicyclic amines) is 1. The van der Waals surface area contributed by atoms with Gasteiger partial charge in [-0.1, -0.05) is 0 Å². The Morgan fingerprint density at radius 2 is 1.72 bits per heavy atom. The molecule has 1 aliphatic heterocycles. The number of carbonyl (C=O) groups excluding carboxylic acids is 1. The van der Waals surface area contributed by atoms with Crippen molar-refractivity contribution in [2.45, 2.75) is 25.9 Å². The number of amides is 1. The molecule has 3 heterocycles. The van der Waals surface area contributed by atoms with Gasteiger partial charge in [0.15, 0.2) is 0 Å². The van der Waals surface area contributed by atoms with E-state index < -0.39 is 0 Å². The lowest BCUT2D eigenvalue weighted by Gasteiger charge is -2.32. The molecule has 1 fully saturated rings. The average Bonchev–Trinajstić information content (AvgIpc) is 3.06. The summed E-state index contributed by atoms with van der Waals surface area (Å²) < 4.78 is 22.3. The Bertz CT molecular complexity index is 1120. The quantitative estimate of drug-likeness (QED) is 0.683. The zero-order valence-corrected chi connectivity index (χ0v) is 16.8. The molecule has 0 N–H and O–H groups in total. The molecule has 0 spiro atoms. The van der Waals surface area contributed by atoms with Crippen LogP contribution in [-0.4, -0.2) is 39.1 Å². The number of benzene rings is 1. The second-order valence-corrected chi connectivity index (χ2v) is 7.67. The fraction of sp³-hybridized carbons (Fsp3) is 0.364. The molecule has 3 aromatic rings. The number of aryl methyl sites for hydroxylation is 3. The van der Waals surface area contributed by atoms with Crippen LogP contribution in [0.5, 0.6) is 5.75 Å². The number of halogens is 1. The van der Waals surface area contributed by atoms with Crippen molar-refractivity contribution in [3.05, 3.63) is 64.0 Å². The van der Waals surface area contributed by atoms with Crippen molar-refractivity contribution in [2.75, 3.05) is 13.1 Å². The molecule has 0 saturated carbocycles. The number of hydrogen-bond acceptors (Lipinski definition) is 3. The normalized spacial score (nSPS) is 15.1. The van der Waals surface area contributed by atoms with Gasteiger partial charge in [-0.2, -0.15) is 0 Å². The first-order valence-electron chi connectivity index (χ1n) is 9.72. The molecule has 1 aliphatic rings. The average molecular weight is 397 g/mol. The number of hydrogen-bond donors (Lipinski definition) is 0. The smallest absolute Gasteiger partial charge is 0.260 e. The lowest BCUT2D eigenvalue weighted by Crippen LogP contribution is -2.42.